The predicted octanol–water partition coefficient (Wildman–Crippen LogP) is 2.79. The third-order valence-electron chi connectivity index (χ3n) is 4.99. The van der Waals surface area contributed by atoms with E-state index in [1.807, 2.05) is 18.3 Å². The SMILES string of the molecule is CC1c2ncc(COc3cccnc3)n2CCN1C1CCC1. The molecule has 0 saturated heterocycles. The van der Waals surface area contributed by atoms with Crippen LogP contribution in [0, 0.1) is 0 Å². The van der Waals surface area contributed by atoms with Gasteiger partial charge in [0.25, 0.3) is 0 Å². The van der Waals surface area contributed by atoms with Crippen molar-refractivity contribution in [3.63, 3.8) is 0 Å². The molecule has 5 nitrogen and oxygen atoms in total. The van der Waals surface area contributed by atoms with Gasteiger partial charge >= 0.3 is 0 Å². The van der Waals surface area contributed by atoms with E-state index in [9.17, 15) is 0 Å². The number of ether oxygens (including phenoxy) is 1. The first-order valence-electron chi connectivity index (χ1n) is 8.16. The van der Waals surface area contributed by atoms with E-state index in [0.29, 0.717) is 12.6 Å². The van der Waals surface area contributed by atoms with Gasteiger partial charge in [0.15, 0.2) is 0 Å². The monoisotopic (exact) mass is 298 g/mol. The molecule has 0 amide bonds. The number of hydrogen-bond donors (Lipinski definition) is 0. The lowest BCUT2D eigenvalue weighted by molar-refractivity contribution is 0.0601. The molecule has 0 spiro atoms. The average Bonchev–Trinajstić information content (AvgIpc) is 2.91. The van der Waals surface area contributed by atoms with Crippen molar-refractivity contribution < 1.29 is 4.74 Å². The first-order chi connectivity index (χ1) is 10.8. The van der Waals surface area contributed by atoms with Crippen molar-refractivity contribution in [2.45, 2.75) is 51.4 Å². The maximum absolute atomic E-state index is 5.82. The number of pyridine rings is 1. The Labute approximate surface area is 130 Å². The van der Waals surface area contributed by atoms with Crippen LogP contribution in [0.3, 0.4) is 0 Å². The van der Waals surface area contributed by atoms with E-state index in [1.165, 1.54) is 25.1 Å². The van der Waals surface area contributed by atoms with Crippen LogP contribution in [0.5, 0.6) is 5.75 Å². The summed E-state index contributed by atoms with van der Waals surface area (Å²) in [6.07, 6.45) is 9.54. The molecule has 1 unspecified atom stereocenters. The van der Waals surface area contributed by atoms with E-state index in [1.54, 1.807) is 12.4 Å². The molecule has 1 aliphatic heterocycles. The molecule has 22 heavy (non-hydrogen) atoms. The Balaban J connectivity index is 1.48. The number of hydrogen-bond acceptors (Lipinski definition) is 4. The van der Waals surface area contributed by atoms with Crippen molar-refractivity contribution in [3.05, 3.63) is 42.2 Å². The highest BCUT2D eigenvalue weighted by atomic mass is 16.5. The lowest BCUT2D eigenvalue weighted by Gasteiger charge is -2.43. The summed E-state index contributed by atoms with van der Waals surface area (Å²) in [6, 6.07) is 5.00. The normalized spacial score (nSPS) is 22.1. The summed E-state index contributed by atoms with van der Waals surface area (Å²) in [7, 11) is 0. The Morgan fingerprint density at radius 3 is 2.91 bits per heavy atom. The third-order valence-corrected chi connectivity index (χ3v) is 4.99. The van der Waals surface area contributed by atoms with Crippen LogP contribution in [0.25, 0.3) is 0 Å². The largest absolute Gasteiger partial charge is 0.486 e. The van der Waals surface area contributed by atoms with Gasteiger partial charge in [-0.15, -0.1) is 0 Å². The third kappa shape index (κ3) is 2.39. The van der Waals surface area contributed by atoms with Gasteiger partial charge in [-0.3, -0.25) is 9.88 Å². The molecule has 0 radical (unpaired) electrons. The molecule has 2 aromatic heterocycles. The fourth-order valence-electron chi connectivity index (χ4n) is 3.50. The Morgan fingerprint density at radius 1 is 1.27 bits per heavy atom. The van der Waals surface area contributed by atoms with Gasteiger partial charge in [0.05, 0.1) is 24.1 Å². The zero-order chi connectivity index (χ0) is 14.9. The molecule has 1 fully saturated rings. The second-order valence-electron chi connectivity index (χ2n) is 6.24. The maximum atomic E-state index is 5.82. The summed E-state index contributed by atoms with van der Waals surface area (Å²) < 4.78 is 8.15. The van der Waals surface area contributed by atoms with Gasteiger partial charge in [-0.2, -0.15) is 0 Å². The first kappa shape index (κ1) is 13.8. The molecule has 2 aliphatic rings. The summed E-state index contributed by atoms with van der Waals surface area (Å²) in [5.74, 6) is 1.99. The van der Waals surface area contributed by atoms with Crippen LogP contribution in [-0.2, 0) is 13.2 Å². The highest BCUT2D eigenvalue weighted by molar-refractivity contribution is 5.17. The van der Waals surface area contributed by atoms with Crippen LogP contribution < -0.4 is 4.74 Å². The minimum Gasteiger partial charge on any atom is -0.486 e. The molecule has 0 N–H and O–H groups in total. The second-order valence-corrected chi connectivity index (χ2v) is 6.24. The molecular formula is C17H22N4O. The fraction of sp³-hybridized carbons (Fsp3) is 0.529. The lowest BCUT2D eigenvalue weighted by Crippen LogP contribution is -2.47. The van der Waals surface area contributed by atoms with Gasteiger partial charge in [0.1, 0.15) is 18.2 Å². The summed E-state index contributed by atoms with van der Waals surface area (Å²) in [6.45, 7) is 4.97. The Morgan fingerprint density at radius 2 is 2.18 bits per heavy atom. The summed E-state index contributed by atoms with van der Waals surface area (Å²) in [5, 5.41) is 0. The summed E-state index contributed by atoms with van der Waals surface area (Å²) in [4.78, 5) is 11.4. The Hall–Kier alpha value is -1.88. The molecular weight excluding hydrogens is 276 g/mol. The van der Waals surface area contributed by atoms with Crippen molar-refractivity contribution in [1.29, 1.82) is 0 Å². The van der Waals surface area contributed by atoms with E-state index in [-0.39, 0.29) is 0 Å². The van der Waals surface area contributed by atoms with Crippen molar-refractivity contribution in [1.82, 2.24) is 19.4 Å². The minimum absolute atomic E-state index is 0.409. The van der Waals surface area contributed by atoms with E-state index >= 15 is 0 Å². The molecule has 2 aromatic rings. The van der Waals surface area contributed by atoms with E-state index < -0.39 is 0 Å². The van der Waals surface area contributed by atoms with Gasteiger partial charge in [0.2, 0.25) is 0 Å². The highest BCUT2D eigenvalue weighted by Gasteiger charge is 2.34. The average molecular weight is 298 g/mol. The van der Waals surface area contributed by atoms with Crippen LogP contribution in [0.4, 0.5) is 0 Å². The molecule has 1 saturated carbocycles. The van der Waals surface area contributed by atoms with Gasteiger partial charge < -0.3 is 9.30 Å². The number of imidazole rings is 1. The van der Waals surface area contributed by atoms with Crippen LogP contribution in [-0.4, -0.2) is 32.0 Å². The van der Waals surface area contributed by atoms with E-state index in [2.05, 4.69) is 26.4 Å². The molecule has 3 heterocycles. The first-order valence-corrected chi connectivity index (χ1v) is 8.16. The molecule has 5 heteroatoms. The summed E-state index contributed by atoms with van der Waals surface area (Å²) >= 11 is 0. The second kappa shape index (κ2) is 5.72. The van der Waals surface area contributed by atoms with E-state index in [4.69, 9.17) is 4.74 Å². The lowest BCUT2D eigenvalue weighted by atomic mass is 9.90. The maximum Gasteiger partial charge on any atom is 0.138 e. The highest BCUT2D eigenvalue weighted by Crippen LogP contribution is 2.34. The zero-order valence-electron chi connectivity index (χ0n) is 13.0. The molecule has 116 valence electrons. The number of nitrogens with zero attached hydrogens (tertiary/aromatic N) is 4. The number of rotatable bonds is 4. The van der Waals surface area contributed by atoms with Crippen molar-refractivity contribution in [2.75, 3.05) is 6.54 Å². The Bertz CT molecular complexity index is 635. The smallest absolute Gasteiger partial charge is 0.138 e. The molecule has 1 aliphatic carbocycles. The molecule has 1 atom stereocenters. The minimum atomic E-state index is 0.409. The standard InChI is InChI=1S/C17H22N4O/c1-13-17-19-10-15(12-22-16-6-3-7-18-11-16)21(17)9-8-20(13)14-4-2-5-14/h3,6-7,10-11,13-14H,2,4-5,8-9,12H2,1H3. The van der Waals surface area contributed by atoms with Crippen LogP contribution in [0.2, 0.25) is 0 Å². The van der Waals surface area contributed by atoms with Crippen molar-refractivity contribution >= 4 is 0 Å². The predicted molar refractivity (Wildman–Crippen MR) is 83.6 cm³/mol. The number of fused-ring (bicyclic) bond motifs is 1. The molecule has 0 aromatic carbocycles. The Kier molecular flexibility index (Phi) is 3.58. The quantitative estimate of drug-likeness (QED) is 0.870. The summed E-state index contributed by atoms with van der Waals surface area (Å²) in [5.41, 5.74) is 1.15. The van der Waals surface area contributed by atoms with Crippen molar-refractivity contribution in [2.24, 2.45) is 0 Å². The fourth-order valence-corrected chi connectivity index (χ4v) is 3.50. The topological polar surface area (TPSA) is 43.2 Å². The molecule has 0 bridgehead atoms. The number of aromatic nitrogens is 3. The zero-order valence-corrected chi connectivity index (χ0v) is 13.0. The van der Waals surface area contributed by atoms with Crippen molar-refractivity contribution in [3.8, 4) is 5.75 Å². The van der Waals surface area contributed by atoms with E-state index in [0.717, 1.165) is 30.6 Å². The van der Waals surface area contributed by atoms with Gasteiger partial charge in [-0.1, -0.05) is 6.42 Å². The molecule has 4 rings (SSSR count). The van der Waals surface area contributed by atoms with Crippen LogP contribution in [0.15, 0.2) is 30.7 Å². The van der Waals surface area contributed by atoms with Gasteiger partial charge in [0, 0.05) is 25.3 Å². The van der Waals surface area contributed by atoms with Crippen LogP contribution >= 0.6 is 0 Å². The van der Waals surface area contributed by atoms with Crippen LogP contribution in [0.1, 0.15) is 43.7 Å². The van der Waals surface area contributed by atoms with Gasteiger partial charge in [-0.25, -0.2) is 4.98 Å². The van der Waals surface area contributed by atoms with Gasteiger partial charge in [-0.05, 0) is 31.9 Å².